The van der Waals surface area contributed by atoms with E-state index in [9.17, 15) is 14.4 Å². The van der Waals surface area contributed by atoms with Gasteiger partial charge in [0, 0.05) is 24.9 Å². The monoisotopic (exact) mass is 455 g/mol. The second-order valence-electron chi connectivity index (χ2n) is 10.1. The van der Waals surface area contributed by atoms with E-state index in [2.05, 4.69) is 4.90 Å². The zero-order chi connectivity index (χ0) is 23.4. The molecule has 2 saturated heterocycles. The van der Waals surface area contributed by atoms with E-state index in [-0.39, 0.29) is 35.6 Å². The van der Waals surface area contributed by atoms with Crippen molar-refractivity contribution in [1.82, 2.24) is 9.80 Å². The lowest BCUT2D eigenvalue weighted by atomic mass is 9.81. The van der Waals surface area contributed by atoms with Crippen LogP contribution in [-0.2, 0) is 16.0 Å². The number of aromatic carboxylic acids is 1. The van der Waals surface area contributed by atoms with Gasteiger partial charge < -0.3 is 15.7 Å². The summed E-state index contributed by atoms with van der Waals surface area (Å²) in [6.07, 6.45) is 8.26. The van der Waals surface area contributed by atoms with E-state index in [0.717, 1.165) is 44.3 Å². The highest BCUT2D eigenvalue weighted by Crippen LogP contribution is 2.33. The van der Waals surface area contributed by atoms with Crippen LogP contribution in [0.4, 0.5) is 0 Å². The van der Waals surface area contributed by atoms with Crippen LogP contribution in [-0.4, -0.2) is 70.8 Å². The topological polar surface area (TPSA) is 104 Å². The summed E-state index contributed by atoms with van der Waals surface area (Å²) >= 11 is 0. The van der Waals surface area contributed by atoms with Crippen molar-refractivity contribution < 1.29 is 19.5 Å². The zero-order valence-electron chi connectivity index (χ0n) is 19.5. The Kier molecular flexibility index (Phi) is 7.81. The molecule has 180 valence electrons. The first-order valence-corrected chi connectivity index (χ1v) is 12.6. The van der Waals surface area contributed by atoms with Crippen molar-refractivity contribution in [2.75, 3.05) is 26.2 Å². The summed E-state index contributed by atoms with van der Waals surface area (Å²) in [5.41, 5.74) is 6.83. The third kappa shape index (κ3) is 5.64. The molecule has 0 radical (unpaired) electrons. The Morgan fingerprint density at radius 2 is 1.64 bits per heavy atom. The van der Waals surface area contributed by atoms with Crippen LogP contribution >= 0.6 is 0 Å². The molecule has 1 amide bonds. The zero-order valence-corrected chi connectivity index (χ0v) is 19.5. The SMILES string of the molecule is NCC1CCC(C(=O)N2C[C@@H](N3CCCCC3)C[C@H]2C(=O)Cc2ccc(C(=O)O)cc2)CC1. The maximum absolute atomic E-state index is 13.6. The second kappa shape index (κ2) is 10.8. The maximum atomic E-state index is 13.6. The van der Waals surface area contributed by atoms with Crippen LogP contribution in [0.1, 0.15) is 67.3 Å². The van der Waals surface area contributed by atoms with E-state index in [0.29, 0.717) is 25.4 Å². The molecular weight excluding hydrogens is 418 g/mol. The Labute approximate surface area is 196 Å². The number of piperidine rings is 1. The van der Waals surface area contributed by atoms with Gasteiger partial charge in [-0.2, -0.15) is 0 Å². The Balaban J connectivity index is 1.47. The first-order valence-electron chi connectivity index (χ1n) is 12.6. The highest BCUT2D eigenvalue weighted by atomic mass is 16.4. The molecule has 3 N–H and O–H groups in total. The lowest BCUT2D eigenvalue weighted by Crippen LogP contribution is -2.46. The van der Waals surface area contributed by atoms with Gasteiger partial charge in [0.2, 0.25) is 5.91 Å². The molecular formula is C26H37N3O4. The van der Waals surface area contributed by atoms with Gasteiger partial charge in [-0.1, -0.05) is 18.6 Å². The van der Waals surface area contributed by atoms with Crippen molar-refractivity contribution in [3.8, 4) is 0 Å². The van der Waals surface area contributed by atoms with Crippen LogP contribution in [0.2, 0.25) is 0 Å². The number of rotatable bonds is 7. The van der Waals surface area contributed by atoms with Gasteiger partial charge in [-0.3, -0.25) is 14.5 Å². The number of carboxylic acid groups (broad SMARTS) is 1. The van der Waals surface area contributed by atoms with E-state index in [1.54, 1.807) is 12.1 Å². The molecule has 1 aromatic carbocycles. The quantitative estimate of drug-likeness (QED) is 0.655. The third-order valence-electron chi connectivity index (χ3n) is 7.95. The van der Waals surface area contributed by atoms with Crippen molar-refractivity contribution in [1.29, 1.82) is 0 Å². The third-order valence-corrected chi connectivity index (χ3v) is 7.95. The van der Waals surface area contributed by atoms with E-state index >= 15 is 0 Å². The number of carbonyl (C=O) groups excluding carboxylic acids is 2. The fraction of sp³-hybridized carbons (Fsp3) is 0.654. The minimum absolute atomic E-state index is 0.00180. The van der Waals surface area contributed by atoms with Gasteiger partial charge in [0.1, 0.15) is 0 Å². The maximum Gasteiger partial charge on any atom is 0.335 e. The molecule has 7 heteroatoms. The molecule has 2 aliphatic heterocycles. The number of amides is 1. The Morgan fingerprint density at radius 1 is 0.970 bits per heavy atom. The molecule has 0 spiro atoms. The van der Waals surface area contributed by atoms with Gasteiger partial charge in [0.05, 0.1) is 11.6 Å². The van der Waals surface area contributed by atoms with Crippen LogP contribution in [0.15, 0.2) is 24.3 Å². The number of hydrogen-bond donors (Lipinski definition) is 2. The van der Waals surface area contributed by atoms with Crippen LogP contribution in [0, 0.1) is 11.8 Å². The van der Waals surface area contributed by atoms with Crippen LogP contribution in [0.25, 0.3) is 0 Å². The second-order valence-corrected chi connectivity index (χ2v) is 10.1. The summed E-state index contributed by atoms with van der Waals surface area (Å²) in [5.74, 6) is -0.265. The van der Waals surface area contributed by atoms with Gasteiger partial charge in [0.25, 0.3) is 0 Å². The number of ketones is 1. The summed E-state index contributed by atoms with van der Waals surface area (Å²) in [6, 6.07) is 6.34. The van der Waals surface area contributed by atoms with Crippen LogP contribution in [0.5, 0.6) is 0 Å². The van der Waals surface area contributed by atoms with Crippen LogP contribution < -0.4 is 5.73 Å². The summed E-state index contributed by atoms with van der Waals surface area (Å²) in [6.45, 7) is 3.42. The van der Waals surface area contributed by atoms with Gasteiger partial charge in [-0.15, -0.1) is 0 Å². The number of nitrogens with zero attached hydrogens (tertiary/aromatic N) is 2. The molecule has 1 aliphatic carbocycles. The normalized spacial score (nSPS) is 28.6. The lowest BCUT2D eigenvalue weighted by molar-refractivity contribution is -0.142. The predicted octanol–water partition coefficient (Wildman–Crippen LogP) is 2.72. The Hall–Kier alpha value is -2.25. The number of benzene rings is 1. The fourth-order valence-corrected chi connectivity index (χ4v) is 5.87. The number of likely N-dealkylation sites (tertiary alicyclic amines) is 2. The van der Waals surface area contributed by atoms with E-state index < -0.39 is 12.0 Å². The molecule has 3 aliphatic rings. The molecule has 4 rings (SSSR count). The van der Waals surface area contributed by atoms with Crippen LogP contribution in [0.3, 0.4) is 0 Å². The van der Waals surface area contributed by atoms with Gasteiger partial charge >= 0.3 is 5.97 Å². The van der Waals surface area contributed by atoms with Crippen molar-refractivity contribution in [3.05, 3.63) is 35.4 Å². The largest absolute Gasteiger partial charge is 0.478 e. The molecule has 7 nitrogen and oxygen atoms in total. The Bertz CT molecular complexity index is 842. The van der Waals surface area contributed by atoms with Crippen molar-refractivity contribution in [3.63, 3.8) is 0 Å². The van der Waals surface area contributed by atoms with Gasteiger partial charge in [-0.05, 0) is 88.2 Å². The lowest BCUT2D eigenvalue weighted by Gasteiger charge is -2.33. The molecule has 0 unspecified atom stereocenters. The Morgan fingerprint density at radius 3 is 2.24 bits per heavy atom. The van der Waals surface area contributed by atoms with Gasteiger partial charge in [-0.25, -0.2) is 4.79 Å². The van der Waals surface area contributed by atoms with Crippen molar-refractivity contribution >= 4 is 17.7 Å². The van der Waals surface area contributed by atoms with Crippen molar-refractivity contribution in [2.24, 2.45) is 17.6 Å². The summed E-state index contributed by atoms with van der Waals surface area (Å²) < 4.78 is 0. The number of Topliss-reactive ketones (excluding diaryl/α,β-unsaturated/α-hetero) is 1. The minimum Gasteiger partial charge on any atom is -0.478 e. The molecule has 33 heavy (non-hydrogen) atoms. The highest BCUT2D eigenvalue weighted by Gasteiger charge is 2.43. The smallest absolute Gasteiger partial charge is 0.335 e. The van der Waals surface area contributed by atoms with E-state index in [4.69, 9.17) is 10.8 Å². The molecule has 0 bridgehead atoms. The van der Waals surface area contributed by atoms with Gasteiger partial charge in [0.15, 0.2) is 5.78 Å². The average Bonchev–Trinajstić information content (AvgIpc) is 3.30. The van der Waals surface area contributed by atoms with E-state index in [1.165, 1.54) is 31.4 Å². The van der Waals surface area contributed by atoms with E-state index in [1.807, 2.05) is 4.90 Å². The van der Waals surface area contributed by atoms with Crippen molar-refractivity contribution in [2.45, 2.75) is 69.9 Å². The number of carbonyl (C=O) groups is 3. The molecule has 2 heterocycles. The first kappa shape index (κ1) is 23.9. The molecule has 3 fully saturated rings. The fourth-order valence-electron chi connectivity index (χ4n) is 5.87. The average molecular weight is 456 g/mol. The number of nitrogens with two attached hydrogens (primary N) is 1. The molecule has 0 aromatic heterocycles. The summed E-state index contributed by atoms with van der Waals surface area (Å²) in [5, 5.41) is 9.11. The summed E-state index contributed by atoms with van der Waals surface area (Å²) in [4.78, 5) is 42.5. The highest BCUT2D eigenvalue weighted by molar-refractivity contribution is 5.92. The number of carboxylic acids is 1. The first-order chi connectivity index (χ1) is 16.0. The molecule has 2 atom stereocenters. The minimum atomic E-state index is -0.978. The summed E-state index contributed by atoms with van der Waals surface area (Å²) in [7, 11) is 0. The molecule has 1 saturated carbocycles. The number of hydrogen-bond acceptors (Lipinski definition) is 5. The standard InChI is InChI=1S/C26H37N3O4/c27-16-19-6-8-20(9-7-19)25(31)29-17-22(28-12-2-1-3-13-28)15-23(29)24(30)14-18-4-10-21(11-5-18)26(32)33/h4-5,10-11,19-20,22-23H,1-3,6-9,12-17,27H2,(H,32,33)/t19?,20?,22-,23-/m0/s1. The predicted molar refractivity (Wildman–Crippen MR) is 126 cm³/mol. The molecule has 1 aromatic rings.